The number of likely N-dealkylation sites (N-methyl/N-ethyl adjacent to an activating group) is 1. The van der Waals surface area contributed by atoms with Crippen LogP contribution in [-0.4, -0.2) is 47.6 Å². The summed E-state index contributed by atoms with van der Waals surface area (Å²) in [5.41, 5.74) is 4.09. The van der Waals surface area contributed by atoms with E-state index in [2.05, 4.69) is 57.9 Å². The number of rotatable bonds is 8. The average Bonchev–Trinajstić information content (AvgIpc) is 3.46. The van der Waals surface area contributed by atoms with Gasteiger partial charge in [-0.2, -0.15) is 0 Å². The summed E-state index contributed by atoms with van der Waals surface area (Å²) in [5, 5.41) is 10.3. The molecule has 2 aliphatic rings. The lowest BCUT2D eigenvalue weighted by molar-refractivity contribution is -0.137. The van der Waals surface area contributed by atoms with Crippen molar-refractivity contribution in [2.45, 2.75) is 50.7 Å². The van der Waals surface area contributed by atoms with E-state index in [1.165, 1.54) is 24.1 Å². The minimum absolute atomic E-state index is 0.00692. The minimum Gasteiger partial charge on any atom is -0.488 e. The third kappa shape index (κ3) is 5.66. The Morgan fingerprint density at radius 1 is 1.19 bits per heavy atom. The Morgan fingerprint density at radius 2 is 1.95 bits per heavy atom. The molecule has 0 saturated carbocycles. The molecule has 1 N–H and O–H groups in total. The lowest BCUT2D eigenvalue weighted by Crippen LogP contribution is -2.44. The van der Waals surface area contributed by atoms with Gasteiger partial charge in [-0.3, -0.25) is 9.69 Å². The monoisotopic (exact) mass is 515 g/mol. The molecule has 2 aromatic carbocycles. The van der Waals surface area contributed by atoms with E-state index in [1.54, 1.807) is 18.3 Å². The molecule has 5 rings (SSSR count). The number of anilines is 1. The second-order valence-electron chi connectivity index (χ2n) is 10.1. The number of fused-ring (bicyclic) bond motifs is 2. The zero-order chi connectivity index (χ0) is 25.8. The number of para-hydroxylation sites is 1. The molecule has 3 aromatic rings. The molecule has 1 aromatic heterocycles. The minimum atomic E-state index is -0.852. The molecule has 1 fully saturated rings. The quantitative estimate of drug-likeness (QED) is 0.412. The Balaban J connectivity index is 1.12. The van der Waals surface area contributed by atoms with Crippen LogP contribution < -0.4 is 9.64 Å². The van der Waals surface area contributed by atoms with Gasteiger partial charge in [0, 0.05) is 30.9 Å². The van der Waals surface area contributed by atoms with Gasteiger partial charge in [0.15, 0.2) is 0 Å². The van der Waals surface area contributed by atoms with Gasteiger partial charge in [0.1, 0.15) is 17.4 Å². The Kier molecular flexibility index (Phi) is 7.50. The summed E-state index contributed by atoms with van der Waals surface area (Å²) in [5.74, 6) is 5.39. The van der Waals surface area contributed by atoms with Crippen LogP contribution in [0.25, 0.3) is 0 Å². The van der Waals surface area contributed by atoms with Crippen molar-refractivity contribution < 1.29 is 14.6 Å². The van der Waals surface area contributed by atoms with Crippen molar-refractivity contribution in [1.29, 1.82) is 0 Å². The van der Waals surface area contributed by atoms with E-state index in [0.717, 1.165) is 47.4 Å². The fourth-order valence-electron chi connectivity index (χ4n) is 5.68. The van der Waals surface area contributed by atoms with Crippen molar-refractivity contribution in [3.8, 4) is 17.6 Å². The molecule has 0 amide bonds. The third-order valence-electron chi connectivity index (χ3n) is 7.56. The van der Waals surface area contributed by atoms with E-state index >= 15 is 0 Å². The molecule has 1 atom stereocenters. The summed E-state index contributed by atoms with van der Waals surface area (Å²) in [6.45, 7) is 6.38. The van der Waals surface area contributed by atoms with Crippen LogP contribution in [0.15, 0.2) is 54.7 Å². The first kappa shape index (κ1) is 25.3. The number of piperidine rings is 1. The van der Waals surface area contributed by atoms with Crippen LogP contribution in [0.1, 0.15) is 53.1 Å². The molecule has 6 nitrogen and oxygen atoms in total. The zero-order valence-corrected chi connectivity index (χ0v) is 22.3. The largest absolute Gasteiger partial charge is 0.488 e. The maximum absolute atomic E-state index is 11.1. The van der Waals surface area contributed by atoms with Gasteiger partial charge in [0.05, 0.1) is 23.8 Å². The van der Waals surface area contributed by atoms with Gasteiger partial charge in [-0.1, -0.05) is 36.3 Å². The normalized spacial score (nSPS) is 17.2. The highest BCUT2D eigenvalue weighted by molar-refractivity contribution is 7.11. The van der Waals surface area contributed by atoms with E-state index in [4.69, 9.17) is 9.84 Å². The number of aliphatic carboxylic acids is 1. The highest BCUT2D eigenvalue weighted by Crippen LogP contribution is 2.46. The van der Waals surface area contributed by atoms with Gasteiger partial charge >= 0.3 is 5.97 Å². The van der Waals surface area contributed by atoms with E-state index in [9.17, 15) is 4.79 Å². The number of ether oxygens (including phenoxy) is 1. The Morgan fingerprint density at radius 3 is 2.68 bits per heavy atom. The van der Waals surface area contributed by atoms with Gasteiger partial charge < -0.3 is 14.7 Å². The molecule has 3 heterocycles. The van der Waals surface area contributed by atoms with E-state index in [1.807, 2.05) is 30.5 Å². The molecule has 7 heteroatoms. The standard InChI is InChI=1S/C30H33N3O3S/c1-3-6-23(17-29(34)35)22-9-11-24(12-10-22)36-20-25-18-31-28(37-25)19-33-15-13-30(14-16-33)21-32(2)27-8-5-4-7-26(27)30/h4-5,7-12,18,23H,13-17,19-21H2,1-2H3,(H,34,35)/t23-/m0/s1. The molecular weight excluding hydrogens is 482 g/mol. The van der Waals surface area contributed by atoms with E-state index in [0.29, 0.717) is 6.61 Å². The number of thiazole rings is 1. The average molecular weight is 516 g/mol. The number of benzene rings is 2. The number of likely N-dealkylation sites (tertiary alicyclic amines) is 1. The number of aromatic nitrogens is 1. The van der Waals surface area contributed by atoms with Gasteiger partial charge in [-0.05, 0) is 62.2 Å². The first-order valence-electron chi connectivity index (χ1n) is 12.8. The topological polar surface area (TPSA) is 65.9 Å². The number of carboxylic acid groups (broad SMARTS) is 1. The molecular formula is C30H33N3O3S. The highest BCUT2D eigenvalue weighted by atomic mass is 32.1. The summed E-state index contributed by atoms with van der Waals surface area (Å²) < 4.78 is 5.98. The molecule has 2 aliphatic heterocycles. The summed E-state index contributed by atoms with van der Waals surface area (Å²) in [7, 11) is 2.21. The van der Waals surface area contributed by atoms with Crippen LogP contribution >= 0.6 is 11.3 Å². The van der Waals surface area contributed by atoms with Crippen molar-refractivity contribution in [2.24, 2.45) is 0 Å². The molecule has 1 saturated heterocycles. The Hall–Kier alpha value is -3.34. The number of carboxylic acids is 1. The summed E-state index contributed by atoms with van der Waals surface area (Å²) in [4.78, 5) is 21.8. The fraction of sp³-hybridized carbons (Fsp3) is 0.400. The van der Waals surface area contributed by atoms with Gasteiger partial charge in [0.2, 0.25) is 0 Å². The second-order valence-corrected chi connectivity index (χ2v) is 11.3. The molecule has 192 valence electrons. The van der Waals surface area contributed by atoms with Crippen molar-refractivity contribution in [3.05, 3.63) is 75.7 Å². The van der Waals surface area contributed by atoms with Crippen LogP contribution in [-0.2, 0) is 23.4 Å². The van der Waals surface area contributed by atoms with Crippen LogP contribution in [0, 0.1) is 11.8 Å². The van der Waals surface area contributed by atoms with Crippen LogP contribution in [0.2, 0.25) is 0 Å². The predicted octanol–water partition coefficient (Wildman–Crippen LogP) is 5.29. The summed E-state index contributed by atoms with van der Waals surface area (Å²) in [6.07, 6.45) is 4.28. The van der Waals surface area contributed by atoms with Gasteiger partial charge in [0.25, 0.3) is 0 Å². The fourth-order valence-corrected chi connectivity index (χ4v) is 6.56. The molecule has 37 heavy (non-hydrogen) atoms. The Labute approximate surface area is 222 Å². The maximum Gasteiger partial charge on any atom is 0.304 e. The number of carbonyl (C=O) groups is 1. The van der Waals surface area contributed by atoms with Crippen LogP contribution in [0.5, 0.6) is 5.75 Å². The second kappa shape index (κ2) is 11.0. The van der Waals surface area contributed by atoms with Gasteiger partial charge in [-0.15, -0.1) is 17.3 Å². The highest BCUT2D eigenvalue weighted by Gasteiger charge is 2.43. The van der Waals surface area contributed by atoms with Crippen LogP contribution in [0.3, 0.4) is 0 Å². The first-order valence-corrected chi connectivity index (χ1v) is 13.6. The SMILES string of the molecule is CC#C[C@@H](CC(=O)O)c1ccc(OCc2cnc(CN3CCC4(CC3)CN(C)c3ccccc34)s2)cc1. The smallest absolute Gasteiger partial charge is 0.304 e. The van der Waals surface area contributed by atoms with E-state index in [-0.39, 0.29) is 17.8 Å². The predicted molar refractivity (Wildman–Crippen MR) is 147 cm³/mol. The molecule has 0 radical (unpaired) electrons. The van der Waals surface area contributed by atoms with Crippen LogP contribution in [0.4, 0.5) is 5.69 Å². The number of nitrogens with zero attached hydrogens (tertiary/aromatic N) is 3. The zero-order valence-electron chi connectivity index (χ0n) is 21.4. The lowest BCUT2D eigenvalue weighted by Gasteiger charge is -2.39. The number of hydrogen-bond acceptors (Lipinski definition) is 6. The van der Waals surface area contributed by atoms with Gasteiger partial charge in [-0.25, -0.2) is 4.98 Å². The molecule has 0 aliphatic carbocycles. The van der Waals surface area contributed by atoms with Crippen molar-refractivity contribution in [3.63, 3.8) is 0 Å². The van der Waals surface area contributed by atoms with Crippen molar-refractivity contribution in [2.75, 3.05) is 31.6 Å². The molecule has 0 bridgehead atoms. The summed E-state index contributed by atoms with van der Waals surface area (Å²) in [6, 6.07) is 16.4. The van der Waals surface area contributed by atoms with E-state index < -0.39 is 5.97 Å². The Bertz CT molecular complexity index is 1300. The molecule has 0 unspecified atom stereocenters. The maximum atomic E-state index is 11.1. The lowest BCUT2D eigenvalue weighted by atomic mass is 9.74. The third-order valence-corrected chi connectivity index (χ3v) is 8.52. The van der Waals surface area contributed by atoms with Crippen molar-refractivity contribution >= 4 is 23.0 Å². The number of hydrogen-bond donors (Lipinski definition) is 1. The summed E-state index contributed by atoms with van der Waals surface area (Å²) >= 11 is 1.71. The first-order chi connectivity index (χ1) is 18.0. The van der Waals surface area contributed by atoms with Crippen molar-refractivity contribution in [1.82, 2.24) is 9.88 Å². The molecule has 1 spiro atoms.